The predicted octanol–water partition coefficient (Wildman–Crippen LogP) is 4.69. The minimum atomic E-state index is -0.385. The topological polar surface area (TPSA) is 85.8 Å². The van der Waals surface area contributed by atoms with Gasteiger partial charge in [-0.3, -0.25) is 4.79 Å². The second-order valence-electron chi connectivity index (χ2n) is 8.64. The zero-order valence-electron chi connectivity index (χ0n) is 18.4. The van der Waals surface area contributed by atoms with Gasteiger partial charge in [-0.05, 0) is 58.1 Å². The van der Waals surface area contributed by atoms with E-state index in [2.05, 4.69) is 37.3 Å². The number of aromatic nitrogens is 3. The Morgan fingerprint density at radius 3 is 2.55 bits per heavy atom. The predicted molar refractivity (Wildman–Crippen MR) is 130 cm³/mol. The highest BCUT2D eigenvalue weighted by atomic mass is 35.5. The highest BCUT2D eigenvalue weighted by molar-refractivity contribution is 6.06. The maximum absolute atomic E-state index is 13.4. The van der Waals surface area contributed by atoms with Crippen molar-refractivity contribution >= 4 is 41.8 Å². The van der Waals surface area contributed by atoms with Gasteiger partial charge >= 0.3 is 0 Å². The molecule has 0 aliphatic heterocycles. The molecular formula is C23H31Cl2N5O. The molecule has 4 rings (SSSR count). The molecule has 0 saturated heterocycles. The molecule has 1 atom stereocenters. The number of hydrogen-bond acceptors (Lipinski definition) is 4. The Bertz CT molecular complexity index is 1080. The van der Waals surface area contributed by atoms with Crippen LogP contribution in [0.4, 0.5) is 0 Å². The summed E-state index contributed by atoms with van der Waals surface area (Å²) in [6, 6.07) is 10.1. The summed E-state index contributed by atoms with van der Waals surface area (Å²) in [4.78, 5) is 18.3. The standard InChI is InChI=1S/C23H29N5O.2ClH/c1-14(2)28-21-19(12-25-28)18(22(29)27-23(4,13-24)16-9-10-16)11-20(26-21)17-8-6-5-7-15(17)3;;/h5-8,11-12,14,16H,9-10,13,24H2,1-4H3,(H,27,29);2*1H. The van der Waals surface area contributed by atoms with Crippen molar-refractivity contribution in [1.82, 2.24) is 20.1 Å². The number of rotatable bonds is 6. The van der Waals surface area contributed by atoms with Gasteiger partial charge in [0.25, 0.3) is 5.91 Å². The normalized spacial score (nSPS) is 15.2. The Kier molecular flexibility index (Phi) is 7.74. The van der Waals surface area contributed by atoms with Gasteiger partial charge in [0.15, 0.2) is 5.65 Å². The van der Waals surface area contributed by atoms with Crippen LogP contribution in [0.5, 0.6) is 0 Å². The molecule has 2 heterocycles. The van der Waals surface area contributed by atoms with Crippen LogP contribution in [0.3, 0.4) is 0 Å². The molecule has 1 amide bonds. The van der Waals surface area contributed by atoms with Gasteiger partial charge in [-0.1, -0.05) is 24.3 Å². The summed E-state index contributed by atoms with van der Waals surface area (Å²) in [5.74, 6) is 0.332. The Hall–Kier alpha value is -2.15. The molecule has 0 spiro atoms. The van der Waals surface area contributed by atoms with Gasteiger partial charge in [0, 0.05) is 18.2 Å². The van der Waals surface area contributed by atoms with Crippen molar-refractivity contribution in [3.05, 3.63) is 47.7 Å². The van der Waals surface area contributed by atoms with E-state index >= 15 is 0 Å². The summed E-state index contributed by atoms with van der Waals surface area (Å²) in [7, 11) is 0. The van der Waals surface area contributed by atoms with Gasteiger partial charge < -0.3 is 11.1 Å². The molecular weight excluding hydrogens is 433 g/mol. The van der Waals surface area contributed by atoms with E-state index in [1.807, 2.05) is 35.9 Å². The number of nitrogens with one attached hydrogen (secondary N) is 1. The lowest BCUT2D eigenvalue weighted by Gasteiger charge is -2.29. The number of benzene rings is 1. The van der Waals surface area contributed by atoms with E-state index in [4.69, 9.17) is 10.7 Å². The van der Waals surface area contributed by atoms with Crippen LogP contribution in [0, 0.1) is 12.8 Å². The SMILES string of the molecule is Cc1ccccc1-c1cc(C(=O)NC(C)(CN)C2CC2)c2cnn(C(C)C)c2n1.Cl.Cl. The minimum absolute atomic E-state index is 0. The first-order chi connectivity index (χ1) is 13.8. The molecule has 2 aromatic heterocycles. The van der Waals surface area contributed by atoms with Crippen molar-refractivity contribution in [2.45, 2.75) is 52.1 Å². The number of nitrogens with two attached hydrogens (primary N) is 1. The van der Waals surface area contributed by atoms with Crippen LogP contribution in [-0.4, -0.2) is 32.8 Å². The fraction of sp³-hybridized carbons (Fsp3) is 0.435. The van der Waals surface area contributed by atoms with Crippen LogP contribution >= 0.6 is 24.8 Å². The molecule has 1 saturated carbocycles. The summed E-state index contributed by atoms with van der Waals surface area (Å²) in [5, 5.41) is 8.49. The van der Waals surface area contributed by atoms with Crippen molar-refractivity contribution in [1.29, 1.82) is 0 Å². The third kappa shape index (κ3) is 4.71. The van der Waals surface area contributed by atoms with Crippen LogP contribution in [0.25, 0.3) is 22.3 Å². The maximum atomic E-state index is 13.4. The zero-order valence-corrected chi connectivity index (χ0v) is 20.0. The fourth-order valence-corrected chi connectivity index (χ4v) is 3.95. The molecule has 1 aromatic carbocycles. The second kappa shape index (κ2) is 9.55. The van der Waals surface area contributed by atoms with Gasteiger partial charge in [-0.15, -0.1) is 24.8 Å². The van der Waals surface area contributed by atoms with Crippen LogP contribution in [0.2, 0.25) is 0 Å². The highest BCUT2D eigenvalue weighted by Crippen LogP contribution is 2.39. The number of hydrogen-bond donors (Lipinski definition) is 2. The second-order valence-corrected chi connectivity index (χ2v) is 8.64. The fourth-order valence-electron chi connectivity index (χ4n) is 3.95. The number of fused-ring (bicyclic) bond motifs is 1. The van der Waals surface area contributed by atoms with E-state index in [1.54, 1.807) is 6.20 Å². The Labute approximate surface area is 195 Å². The lowest BCUT2D eigenvalue weighted by molar-refractivity contribution is 0.0899. The molecule has 8 heteroatoms. The van der Waals surface area contributed by atoms with Crippen molar-refractivity contribution in [3.63, 3.8) is 0 Å². The first kappa shape index (κ1) is 25.1. The van der Waals surface area contributed by atoms with E-state index in [9.17, 15) is 4.79 Å². The van der Waals surface area contributed by atoms with Crippen molar-refractivity contribution < 1.29 is 4.79 Å². The smallest absolute Gasteiger partial charge is 0.252 e. The molecule has 168 valence electrons. The Morgan fingerprint density at radius 1 is 1.29 bits per heavy atom. The van der Waals surface area contributed by atoms with E-state index < -0.39 is 0 Å². The molecule has 1 aliphatic carbocycles. The third-order valence-corrected chi connectivity index (χ3v) is 6.02. The molecule has 1 fully saturated rings. The van der Waals surface area contributed by atoms with Gasteiger partial charge in [0.05, 0.1) is 28.4 Å². The molecule has 3 aromatic rings. The van der Waals surface area contributed by atoms with E-state index in [1.165, 1.54) is 0 Å². The van der Waals surface area contributed by atoms with Crippen LogP contribution < -0.4 is 11.1 Å². The molecule has 1 unspecified atom stereocenters. The number of halogens is 2. The summed E-state index contributed by atoms with van der Waals surface area (Å²) < 4.78 is 1.87. The maximum Gasteiger partial charge on any atom is 0.252 e. The molecule has 6 nitrogen and oxygen atoms in total. The summed E-state index contributed by atoms with van der Waals surface area (Å²) in [5.41, 5.74) is 9.88. The van der Waals surface area contributed by atoms with Crippen molar-refractivity contribution in [2.75, 3.05) is 6.54 Å². The van der Waals surface area contributed by atoms with Crippen molar-refractivity contribution in [3.8, 4) is 11.3 Å². The van der Waals surface area contributed by atoms with Crippen molar-refractivity contribution in [2.24, 2.45) is 11.7 Å². The zero-order chi connectivity index (χ0) is 20.8. The average molecular weight is 464 g/mol. The van der Waals surface area contributed by atoms with Gasteiger partial charge in [0.1, 0.15) is 0 Å². The Morgan fingerprint density at radius 2 is 1.97 bits per heavy atom. The monoisotopic (exact) mass is 463 g/mol. The molecule has 31 heavy (non-hydrogen) atoms. The first-order valence-corrected chi connectivity index (χ1v) is 10.3. The summed E-state index contributed by atoms with van der Waals surface area (Å²) in [6.07, 6.45) is 3.97. The quantitative estimate of drug-likeness (QED) is 0.554. The molecule has 1 aliphatic rings. The van der Waals surface area contributed by atoms with E-state index in [0.29, 0.717) is 18.0 Å². The number of aryl methyl sites for hydroxylation is 1. The van der Waals surface area contributed by atoms with Crippen LogP contribution in [0.1, 0.15) is 55.6 Å². The van der Waals surface area contributed by atoms with Gasteiger partial charge in [0.2, 0.25) is 0 Å². The first-order valence-electron chi connectivity index (χ1n) is 10.3. The third-order valence-electron chi connectivity index (χ3n) is 6.02. The molecule has 3 N–H and O–H groups in total. The Balaban J connectivity index is 0.00000171. The van der Waals surface area contributed by atoms with E-state index in [-0.39, 0.29) is 42.3 Å². The van der Waals surface area contributed by atoms with Crippen LogP contribution in [0.15, 0.2) is 36.5 Å². The lowest BCUT2D eigenvalue weighted by atomic mass is 9.95. The lowest BCUT2D eigenvalue weighted by Crippen LogP contribution is -2.53. The summed E-state index contributed by atoms with van der Waals surface area (Å²) in [6.45, 7) is 8.65. The van der Waals surface area contributed by atoms with E-state index in [0.717, 1.165) is 40.7 Å². The number of amides is 1. The summed E-state index contributed by atoms with van der Waals surface area (Å²) >= 11 is 0. The number of carbonyl (C=O) groups excluding carboxylic acids is 1. The van der Waals surface area contributed by atoms with Crippen LogP contribution in [-0.2, 0) is 0 Å². The molecule has 0 radical (unpaired) electrons. The highest BCUT2D eigenvalue weighted by Gasteiger charge is 2.42. The van der Waals surface area contributed by atoms with Gasteiger partial charge in [-0.25, -0.2) is 9.67 Å². The van der Waals surface area contributed by atoms with Gasteiger partial charge in [-0.2, -0.15) is 5.10 Å². The molecule has 0 bridgehead atoms. The number of carbonyl (C=O) groups is 1. The number of nitrogens with zero attached hydrogens (tertiary/aromatic N) is 3. The largest absolute Gasteiger partial charge is 0.345 e. The average Bonchev–Trinajstić information content (AvgIpc) is 3.47. The minimum Gasteiger partial charge on any atom is -0.345 e. The number of pyridine rings is 1.